The SMILES string of the molecule is CC(=O)OC1O[C@H](C(=O)OC(=O)c2cccc(Cl)c2)[C@@H](OC(C)=O)[C@H](OC(C)=O)[C@H]1OC(C)=O. The van der Waals surface area contributed by atoms with Crippen LogP contribution in [0.15, 0.2) is 24.3 Å². The lowest BCUT2D eigenvalue weighted by Crippen LogP contribution is -2.64. The van der Waals surface area contributed by atoms with E-state index in [1.165, 1.54) is 24.3 Å². The summed E-state index contributed by atoms with van der Waals surface area (Å²) in [4.78, 5) is 72.0. The number of halogens is 1. The Bertz CT molecular complexity index is 990. The van der Waals surface area contributed by atoms with Crippen LogP contribution in [0.3, 0.4) is 0 Å². The highest BCUT2D eigenvalue weighted by Crippen LogP contribution is 2.30. The Hall–Kier alpha value is -3.51. The molecular formula is C21H21ClO12. The molecule has 0 N–H and O–H groups in total. The smallest absolute Gasteiger partial charge is 0.347 e. The van der Waals surface area contributed by atoms with Crippen molar-refractivity contribution in [1.82, 2.24) is 0 Å². The fourth-order valence-electron chi connectivity index (χ4n) is 3.05. The maximum absolute atomic E-state index is 12.9. The van der Waals surface area contributed by atoms with Crippen molar-refractivity contribution in [2.24, 2.45) is 0 Å². The summed E-state index contributed by atoms with van der Waals surface area (Å²) in [6.07, 6.45) is -8.73. The van der Waals surface area contributed by atoms with Gasteiger partial charge in [-0.15, -0.1) is 0 Å². The van der Waals surface area contributed by atoms with E-state index in [2.05, 4.69) is 0 Å². The molecule has 1 saturated heterocycles. The zero-order valence-corrected chi connectivity index (χ0v) is 19.2. The van der Waals surface area contributed by atoms with Crippen molar-refractivity contribution in [1.29, 1.82) is 0 Å². The first-order valence-electron chi connectivity index (χ1n) is 9.75. The lowest BCUT2D eigenvalue weighted by atomic mass is 9.97. The van der Waals surface area contributed by atoms with E-state index in [0.29, 0.717) is 0 Å². The van der Waals surface area contributed by atoms with Gasteiger partial charge in [0.25, 0.3) is 0 Å². The molecule has 0 aromatic heterocycles. The molecule has 34 heavy (non-hydrogen) atoms. The van der Waals surface area contributed by atoms with E-state index >= 15 is 0 Å². The van der Waals surface area contributed by atoms with Crippen LogP contribution in [0, 0.1) is 0 Å². The van der Waals surface area contributed by atoms with E-state index in [9.17, 15) is 28.8 Å². The minimum atomic E-state index is -1.92. The molecule has 1 aromatic rings. The van der Waals surface area contributed by atoms with E-state index in [1.807, 2.05) is 0 Å². The second-order valence-corrected chi connectivity index (χ2v) is 7.41. The third-order valence-corrected chi connectivity index (χ3v) is 4.40. The summed E-state index contributed by atoms with van der Waals surface area (Å²) >= 11 is 5.83. The minimum absolute atomic E-state index is 0.0773. The fourth-order valence-corrected chi connectivity index (χ4v) is 3.24. The molecule has 1 aliphatic heterocycles. The van der Waals surface area contributed by atoms with Crippen LogP contribution in [-0.2, 0) is 52.4 Å². The van der Waals surface area contributed by atoms with Crippen LogP contribution in [0.1, 0.15) is 38.1 Å². The molecule has 1 aromatic carbocycles. The van der Waals surface area contributed by atoms with Gasteiger partial charge < -0.3 is 28.4 Å². The van der Waals surface area contributed by atoms with Crippen molar-refractivity contribution in [2.75, 3.05) is 0 Å². The quantitative estimate of drug-likeness (QED) is 0.311. The Labute approximate surface area is 198 Å². The molecule has 0 aliphatic carbocycles. The van der Waals surface area contributed by atoms with Crippen molar-refractivity contribution in [2.45, 2.75) is 58.4 Å². The summed E-state index contributed by atoms with van der Waals surface area (Å²) in [7, 11) is 0. The van der Waals surface area contributed by atoms with Gasteiger partial charge in [-0.05, 0) is 18.2 Å². The van der Waals surface area contributed by atoms with Gasteiger partial charge >= 0.3 is 35.8 Å². The number of rotatable bonds is 6. The van der Waals surface area contributed by atoms with Gasteiger partial charge in [0.1, 0.15) is 0 Å². The largest absolute Gasteiger partial charge is 0.455 e. The maximum Gasteiger partial charge on any atom is 0.347 e. The van der Waals surface area contributed by atoms with E-state index in [-0.39, 0.29) is 10.6 Å². The number of esters is 6. The molecule has 12 nitrogen and oxygen atoms in total. The minimum Gasteiger partial charge on any atom is -0.455 e. The molecule has 184 valence electrons. The van der Waals surface area contributed by atoms with Gasteiger partial charge in [-0.1, -0.05) is 17.7 Å². The van der Waals surface area contributed by atoms with Crippen LogP contribution < -0.4 is 0 Å². The Morgan fingerprint density at radius 3 is 1.82 bits per heavy atom. The summed E-state index contributed by atoms with van der Waals surface area (Å²) in [5, 5.41) is 0.197. The number of benzene rings is 1. The predicted molar refractivity (Wildman–Crippen MR) is 109 cm³/mol. The van der Waals surface area contributed by atoms with Crippen LogP contribution >= 0.6 is 11.6 Å². The second-order valence-electron chi connectivity index (χ2n) is 6.98. The van der Waals surface area contributed by atoms with E-state index in [1.54, 1.807) is 0 Å². The zero-order chi connectivity index (χ0) is 25.6. The molecule has 0 bridgehead atoms. The van der Waals surface area contributed by atoms with Crippen LogP contribution in [-0.4, -0.2) is 66.5 Å². The molecule has 0 radical (unpaired) electrons. The van der Waals surface area contributed by atoms with Crippen LogP contribution in [0.5, 0.6) is 0 Å². The fraction of sp³-hybridized carbons (Fsp3) is 0.429. The first-order valence-corrected chi connectivity index (χ1v) is 10.1. The monoisotopic (exact) mass is 500 g/mol. The molecule has 0 saturated carbocycles. The number of carbonyl (C=O) groups is 6. The second kappa shape index (κ2) is 11.6. The van der Waals surface area contributed by atoms with E-state index < -0.39 is 66.5 Å². The highest BCUT2D eigenvalue weighted by Gasteiger charge is 2.56. The number of hydrogen-bond donors (Lipinski definition) is 0. The molecule has 0 amide bonds. The van der Waals surface area contributed by atoms with Gasteiger partial charge in [-0.25, -0.2) is 9.59 Å². The molecular weight excluding hydrogens is 480 g/mol. The van der Waals surface area contributed by atoms with Gasteiger partial charge in [-0.3, -0.25) is 19.2 Å². The Morgan fingerprint density at radius 2 is 1.29 bits per heavy atom. The molecule has 1 aliphatic rings. The van der Waals surface area contributed by atoms with Crippen molar-refractivity contribution in [3.63, 3.8) is 0 Å². The molecule has 1 heterocycles. The maximum atomic E-state index is 12.9. The van der Waals surface area contributed by atoms with Crippen LogP contribution in [0.2, 0.25) is 5.02 Å². The topological polar surface area (TPSA) is 158 Å². The highest BCUT2D eigenvalue weighted by molar-refractivity contribution is 6.30. The van der Waals surface area contributed by atoms with Gasteiger partial charge in [0.2, 0.25) is 12.4 Å². The Balaban J connectivity index is 2.44. The van der Waals surface area contributed by atoms with Gasteiger partial charge in [0, 0.05) is 32.7 Å². The molecule has 1 fully saturated rings. The molecule has 13 heteroatoms. The summed E-state index contributed by atoms with van der Waals surface area (Å²) in [6.45, 7) is 4.01. The normalized spacial score (nSPS) is 23.7. The van der Waals surface area contributed by atoms with Crippen molar-refractivity contribution < 1.29 is 57.2 Å². The number of hydrogen-bond acceptors (Lipinski definition) is 12. The van der Waals surface area contributed by atoms with E-state index in [4.69, 9.17) is 40.0 Å². The lowest BCUT2D eigenvalue weighted by Gasteiger charge is -2.42. The molecule has 5 atom stereocenters. The summed E-state index contributed by atoms with van der Waals surface area (Å²) in [6, 6.07) is 5.50. The standard InChI is InChI=1S/C21H21ClO12/c1-9(23)29-15-16(30-10(2)24)18(31-11(3)25)21(32-12(4)26)33-17(15)20(28)34-19(27)13-6-5-7-14(22)8-13/h5-8,15-18,21H,1-4H3/t15-,16-,17-,18+,21?/m0/s1. The first kappa shape index (κ1) is 26.7. The Morgan fingerprint density at radius 1 is 0.765 bits per heavy atom. The zero-order valence-electron chi connectivity index (χ0n) is 18.5. The van der Waals surface area contributed by atoms with E-state index in [0.717, 1.165) is 27.7 Å². The lowest BCUT2D eigenvalue weighted by molar-refractivity contribution is -0.293. The average Bonchev–Trinajstić information content (AvgIpc) is 2.70. The molecule has 1 unspecified atom stereocenters. The van der Waals surface area contributed by atoms with Crippen LogP contribution in [0.25, 0.3) is 0 Å². The van der Waals surface area contributed by atoms with Crippen molar-refractivity contribution >= 4 is 47.4 Å². The third-order valence-electron chi connectivity index (χ3n) is 4.17. The number of ether oxygens (including phenoxy) is 6. The van der Waals surface area contributed by atoms with Gasteiger partial charge in [-0.2, -0.15) is 0 Å². The van der Waals surface area contributed by atoms with Crippen molar-refractivity contribution in [3.8, 4) is 0 Å². The third kappa shape index (κ3) is 7.25. The first-order chi connectivity index (χ1) is 15.9. The summed E-state index contributed by atoms with van der Waals surface area (Å²) in [5.74, 6) is -6.12. The summed E-state index contributed by atoms with van der Waals surface area (Å²) < 4.78 is 30.5. The number of carbonyl (C=O) groups excluding carboxylic acids is 6. The van der Waals surface area contributed by atoms with Crippen molar-refractivity contribution in [3.05, 3.63) is 34.9 Å². The summed E-state index contributed by atoms with van der Waals surface area (Å²) in [5.41, 5.74) is -0.0773. The predicted octanol–water partition coefficient (Wildman–Crippen LogP) is 1.11. The molecule has 0 spiro atoms. The van der Waals surface area contributed by atoms with Gasteiger partial charge in [0.15, 0.2) is 18.3 Å². The average molecular weight is 501 g/mol. The van der Waals surface area contributed by atoms with Gasteiger partial charge in [0.05, 0.1) is 5.56 Å². The highest BCUT2D eigenvalue weighted by atomic mass is 35.5. The molecule has 2 rings (SSSR count). The Kier molecular flexibility index (Phi) is 9.10. The van der Waals surface area contributed by atoms with Crippen LogP contribution in [0.4, 0.5) is 0 Å².